The van der Waals surface area contributed by atoms with Gasteiger partial charge in [-0.05, 0) is 13.8 Å². The van der Waals surface area contributed by atoms with Crippen LogP contribution in [0.2, 0.25) is 0 Å². The van der Waals surface area contributed by atoms with Crippen LogP contribution in [0.25, 0.3) is 10.3 Å². The number of rotatable bonds is 2. The van der Waals surface area contributed by atoms with Gasteiger partial charge in [0.1, 0.15) is 16.7 Å². The van der Waals surface area contributed by atoms with Crippen LogP contribution < -0.4 is 5.73 Å². The fourth-order valence-corrected chi connectivity index (χ4v) is 2.68. The SMILES string of the molecule is Cc1coc(Cc2noc3c(N)c(C)sc23)n1. The third-order valence-corrected chi connectivity index (χ3v) is 3.73. The zero-order valence-corrected chi connectivity index (χ0v) is 10.3. The van der Waals surface area contributed by atoms with Crippen LogP contribution >= 0.6 is 11.3 Å². The van der Waals surface area contributed by atoms with Gasteiger partial charge in [-0.15, -0.1) is 11.3 Å². The highest BCUT2D eigenvalue weighted by atomic mass is 32.1. The predicted octanol–water partition coefficient (Wildman–Crippen LogP) is 2.67. The molecule has 3 aromatic rings. The van der Waals surface area contributed by atoms with Crippen molar-refractivity contribution in [2.45, 2.75) is 20.3 Å². The molecule has 0 amide bonds. The normalized spacial score (nSPS) is 11.4. The molecule has 0 aromatic carbocycles. The van der Waals surface area contributed by atoms with Gasteiger partial charge in [0.05, 0.1) is 17.8 Å². The number of hydrogen-bond donors (Lipinski definition) is 1. The van der Waals surface area contributed by atoms with Gasteiger partial charge in [-0.3, -0.25) is 0 Å². The number of fused-ring (bicyclic) bond motifs is 1. The molecule has 0 unspecified atom stereocenters. The lowest BCUT2D eigenvalue weighted by molar-refractivity contribution is 0.441. The molecular weight excluding hydrogens is 238 g/mol. The molecule has 0 aliphatic heterocycles. The van der Waals surface area contributed by atoms with Gasteiger partial charge < -0.3 is 14.7 Å². The summed E-state index contributed by atoms with van der Waals surface area (Å²) >= 11 is 1.59. The highest BCUT2D eigenvalue weighted by molar-refractivity contribution is 7.19. The van der Waals surface area contributed by atoms with Gasteiger partial charge >= 0.3 is 0 Å². The van der Waals surface area contributed by atoms with Gasteiger partial charge in [-0.25, -0.2) is 4.98 Å². The van der Waals surface area contributed by atoms with E-state index in [1.54, 1.807) is 17.6 Å². The molecule has 3 heterocycles. The number of hydrogen-bond acceptors (Lipinski definition) is 6. The van der Waals surface area contributed by atoms with Crippen LogP contribution in [-0.2, 0) is 6.42 Å². The van der Waals surface area contributed by atoms with Gasteiger partial charge in [0.25, 0.3) is 0 Å². The standard InChI is InChI=1S/C11H11N3O2S/c1-5-4-15-8(13-5)3-7-11-10(16-14-7)9(12)6(2)17-11/h4H,3,12H2,1-2H3. The average molecular weight is 249 g/mol. The van der Waals surface area contributed by atoms with E-state index in [0.717, 1.165) is 21.0 Å². The van der Waals surface area contributed by atoms with Gasteiger partial charge in [-0.2, -0.15) is 0 Å². The summed E-state index contributed by atoms with van der Waals surface area (Å²) in [6.45, 7) is 3.85. The largest absolute Gasteiger partial charge is 0.448 e. The first-order valence-electron chi connectivity index (χ1n) is 5.19. The third kappa shape index (κ3) is 1.61. The molecule has 6 heteroatoms. The van der Waals surface area contributed by atoms with E-state index in [0.29, 0.717) is 23.6 Å². The topological polar surface area (TPSA) is 78.1 Å². The Kier molecular flexibility index (Phi) is 2.19. The molecule has 0 aliphatic rings. The van der Waals surface area contributed by atoms with Crippen LogP contribution in [0.1, 0.15) is 22.2 Å². The Balaban J connectivity index is 2.03. The summed E-state index contributed by atoms with van der Waals surface area (Å²) in [5.74, 6) is 0.641. The van der Waals surface area contributed by atoms with Gasteiger partial charge in [0, 0.05) is 4.88 Å². The van der Waals surface area contributed by atoms with Crippen molar-refractivity contribution in [2.75, 3.05) is 5.73 Å². The fraction of sp³-hybridized carbons (Fsp3) is 0.273. The van der Waals surface area contributed by atoms with Gasteiger partial charge in [0.15, 0.2) is 5.89 Å². The van der Waals surface area contributed by atoms with Crippen molar-refractivity contribution in [1.82, 2.24) is 10.1 Å². The summed E-state index contributed by atoms with van der Waals surface area (Å²) in [5, 5.41) is 4.02. The van der Waals surface area contributed by atoms with Crippen molar-refractivity contribution in [3.63, 3.8) is 0 Å². The summed E-state index contributed by atoms with van der Waals surface area (Å²) in [5.41, 5.74) is 8.92. The van der Waals surface area contributed by atoms with Crippen LogP contribution in [0, 0.1) is 13.8 Å². The smallest absolute Gasteiger partial charge is 0.201 e. The second-order valence-electron chi connectivity index (χ2n) is 3.92. The molecule has 0 atom stereocenters. The number of oxazole rings is 1. The summed E-state index contributed by atoms with van der Waals surface area (Å²) in [7, 11) is 0. The lowest BCUT2D eigenvalue weighted by atomic mass is 10.3. The van der Waals surface area contributed by atoms with E-state index >= 15 is 0 Å². The summed E-state index contributed by atoms with van der Waals surface area (Å²) in [6.07, 6.45) is 2.15. The van der Waals surface area contributed by atoms with Crippen LogP contribution in [0.5, 0.6) is 0 Å². The van der Waals surface area contributed by atoms with Crippen molar-refractivity contribution in [2.24, 2.45) is 0 Å². The molecule has 0 saturated heterocycles. The molecule has 0 fully saturated rings. The Morgan fingerprint density at radius 1 is 1.41 bits per heavy atom. The van der Waals surface area contributed by atoms with Crippen molar-refractivity contribution in [3.05, 3.63) is 28.4 Å². The van der Waals surface area contributed by atoms with Crippen molar-refractivity contribution in [1.29, 1.82) is 0 Å². The van der Waals surface area contributed by atoms with Crippen LogP contribution in [-0.4, -0.2) is 10.1 Å². The summed E-state index contributed by atoms with van der Waals surface area (Å²) in [4.78, 5) is 5.29. The molecule has 0 saturated carbocycles. The molecule has 0 spiro atoms. The van der Waals surface area contributed by atoms with E-state index in [-0.39, 0.29) is 0 Å². The Morgan fingerprint density at radius 3 is 2.94 bits per heavy atom. The number of anilines is 1. The molecule has 2 N–H and O–H groups in total. The number of aryl methyl sites for hydroxylation is 2. The Labute approximate surface area is 101 Å². The summed E-state index contributed by atoms with van der Waals surface area (Å²) in [6, 6.07) is 0. The van der Waals surface area contributed by atoms with Crippen LogP contribution in [0.4, 0.5) is 5.69 Å². The van der Waals surface area contributed by atoms with Crippen LogP contribution in [0.3, 0.4) is 0 Å². The number of nitrogens with zero attached hydrogens (tertiary/aromatic N) is 2. The molecule has 0 aliphatic carbocycles. The molecule has 5 nitrogen and oxygen atoms in total. The number of nitrogen functional groups attached to an aromatic ring is 1. The number of aromatic nitrogens is 2. The van der Waals surface area contributed by atoms with E-state index in [9.17, 15) is 0 Å². The fourth-order valence-electron chi connectivity index (χ4n) is 1.70. The maximum Gasteiger partial charge on any atom is 0.201 e. The van der Waals surface area contributed by atoms with E-state index in [1.165, 1.54) is 0 Å². The first-order chi connectivity index (χ1) is 8.15. The minimum absolute atomic E-state index is 0.528. The molecule has 3 rings (SSSR count). The second-order valence-corrected chi connectivity index (χ2v) is 5.14. The first kappa shape index (κ1) is 10.3. The highest BCUT2D eigenvalue weighted by Crippen LogP contribution is 2.35. The van der Waals surface area contributed by atoms with E-state index in [2.05, 4.69) is 10.1 Å². The predicted molar refractivity (Wildman–Crippen MR) is 65.1 cm³/mol. The zero-order valence-electron chi connectivity index (χ0n) is 9.48. The van der Waals surface area contributed by atoms with E-state index in [4.69, 9.17) is 14.7 Å². The monoisotopic (exact) mass is 249 g/mol. The van der Waals surface area contributed by atoms with E-state index in [1.807, 2.05) is 13.8 Å². The van der Waals surface area contributed by atoms with Crippen LogP contribution in [0.15, 0.2) is 15.2 Å². The van der Waals surface area contributed by atoms with Gasteiger partial charge in [-0.1, -0.05) is 5.16 Å². The quantitative estimate of drug-likeness (QED) is 0.755. The minimum Gasteiger partial charge on any atom is -0.448 e. The number of nitrogens with two attached hydrogens (primary N) is 1. The highest BCUT2D eigenvalue weighted by Gasteiger charge is 2.17. The minimum atomic E-state index is 0.528. The van der Waals surface area contributed by atoms with Crippen molar-refractivity contribution < 1.29 is 8.94 Å². The molecule has 0 radical (unpaired) electrons. The van der Waals surface area contributed by atoms with Crippen molar-refractivity contribution in [3.8, 4) is 0 Å². The first-order valence-corrected chi connectivity index (χ1v) is 6.01. The maximum atomic E-state index is 5.89. The Bertz CT molecular complexity index is 680. The molecule has 17 heavy (non-hydrogen) atoms. The third-order valence-electron chi connectivity index (χ3n) is 2.58. The molecule has 88 valence electrons. The van der Waals surface area contributed by atoms with Crippen molar-refractivity contribution >= 4 is 27.3 Å². The lowest BCUT2D eigenvalue weighted by Crippen LogP contribution is -1.88. The lowest BCUT2D eigenvalue weighted by Gasteiger charge is -1.88. The second kappa shape index (κ2) is 3.59. The average Bonchev–Trinajstić information content (AvgIpc) is 2.92. The molecule has 3 aromatic heterocycles. The zero-order chi connectivity index (χ0) is 12.0. The Hall–Kier alpha value is -1.82. The van der Waals surface area contributed by atoms with E-state index < -0.39 is 0 Å². The maximum absolute atomic E-state index is 5.89. The Morgan fingerprint density at radius 2 is 2.24 bits per heavy atom. The number of thiophene rings is 1. The van der Waals surface area contributed by atoms with Gasteiger partial charge in [0.2, 0.25) is 5.58 Å². The molecular formula is C11H11N3O2S. The molecule has 0 bridgehead atoms. The summed E-state index contributed by atoms with van der Waals surface area (Å²) < 4.78 is 11.5.